The van der Waals surface area contributed by atoms with Crippen LogP contribution in [0.3, 0.4) is 0 Å². The molecule has 4 heteroatoms. The van der Waals surface area contributed by atoms with Crippen molar-refractivity contribution in [3.05, 3.63) is 60.2 Å². The fraction of sp³-hybridized carbons (Fsp3) is 0.476. The molecule has 1 aliphatic heterocycles. The zero-order valence-electron chi connectivity index (χ0n) is 15.4. The normalized spacial score (nSPS) is 30.0. The molecule has 0 aromatic heterocycles. The quantitative estimate of drug-likeness (QED) is 0.567. The lowest BCUT2D eigenvalue weighted by molar-refractivity contribution is -0.261. The Morgan fingerprint density at radius 3 is 2.52 bits per heavy atom. The molecule has 4 nitrogen and oxygen atoms in total. The van der Waals surface area contributed by atoms with E-state index in [1.807, 2.05) is 56.4 Å². The predicted octanol–water partition coefficient (Wildman–Crippen LogP) is 4.38. The van der Waals surface area contributed by atoms with Gasteiger partial charge >= 0.3 is 5.97 Å². The van der Waals surface area contributed by atoms with Crippen molar-refractivity contribution >= 4 is 5.97 Å². The summed E-state index contributed by atoms with van der Waals surface area (Å²) >= 11 is 0. The molecule has 0 bridgehead atoms. The highest BCUT2D eigenvalue weighted by Gasteiger charge is 2.42. The number of ether oxygens (including phenoxy) is 3. The maximum Gasteiger partial charge on any atom is 0.338 e. The first-order chi connectivity index (χ1) is 12.0. The van der Waals surface area contributed by atoms with Crippen molar-refractivity contribution < 1.29 is 19.0 Å². The molecule has 1 aromatic carbocycles. The molecule has 0 amide bonds. The van der Waals surface area contributed by atoms with Crippen LogP contribution in [0, 0.1) is 11.8 Å². The topological polar surface area (TPSA) is 44.8 Å². The third-order valence-electron chi connectivity index (χ3n) is 4.75. The highest BCUT2D eigenvalue weighted by Crippen LogP contribution is 2.33. The zero-order valence-corrected chi connectivity index (χ0v) is 15.4. The fourth-order valence-corrected chi connectivity index (χ4v) is 2.85. The number of hydrogen-bond acceptors (Lipinski definition) is 4. The maximum absolute atomic E-state index is 12.5. The standard InChI is InChI=1S/C21H28O4/c1-5-6-7-11-14-23-21-19(16(3)15(2)17(4)24-21)25-20(22)18-12-9-8-10-13-18/h5-13,15-17,19,21H,14H2,1-4H3/b6-5+,11-7+/t15-,16+,17?,19?,21-/m1/s1. The van der Waals surface area contributed by atoms with Crippen LogP contribution in [0.4, 0.5) is 0 Å². The molecule has 0 N–H and O–H groups in total. The van der Waals surface area contributed by atoms with Crippen molar-refractivity contribution in [3.8, 4) is 0 Å². The Balaban J connectivity index is 2.06. The van der Waals surface area contributed by atoms with Crippen molar-refractivity contribution in [2.75, 3.05) is 6.61 Å². The summed E-state index contributed by atoms with van der Waals surface area (Å²) in [5.41, 5.74) is 0.535. The molecular formula is C21H28O4. The Morgan fingerprint density at radius 1 is 1.12 bits per heavy atom. The third kappa shape index (κ3) is 5.28. The summed E-state index contributed by atoms with van der Waals surface area (Å²) < 4.78 is 17.6. The molecule has 1 aromatic rings. The summed E-state index contributed by atoms with van der Waals surface area (Å²) in [5.74, 6) is 0.0637. The van der Waals surface area contributed by atoms with Gasteiger partial charge in [-0.3, -0.25) is 0 Å². The summed E-state index contributed by atoms with van der Waals surface area (Å²) in [6.07, 6.45) is 6.76. The van der Waals surface area contributed by atoms with Crippen LogP contribution >= 0.6 is 0 Å². The lowest BCUT2D eigenvalue weighted by atomic mass is 9.84. The lowest BCUT2D eigenvalue weighted by Gasteiger charge is -2.42. The third-order valence-corrected chi connectivity index (χ3v) is 4.75. The number of carbonyl (C=O) groups excluding carboxylic acids is 1. The zero-order chi connectivity index (χ0) is 18.2. The van der Waals surface area contributed by atoms with E-state index in [0.717, 1.165) is 0 Å². The molecule has 0 aliphatic carbocycles. The van der Waals surface area contributed by atoms with Crippen LogP contribution in [-0.2, 0) is 14.2 Å². The van der Waals surface area contributed by atoms with E-state index in [1.165, 1.54) is 0 Å². The molecule has 2 unspecified atom stereocenters. The van der Waals surface area contributed by atoms with E-state index in [1.54, 1.807) is 12.1 Å². The summed E-state index contributed by atoms with van der Waals surface area (Å²) in [4.78, 5) is 12.5. The minimum atomic E-state index is -0.566. The van der Waals surface area contributed by atoms with Crippen LogP contribution in [-0.4, -0.2) is 31.1 Å². The Morgan fingerprint density at radius 2 is 1.84 bits per heavy atom. The van der Waals surface area contributed by atoms with Gasteiger partial charge in [-0.2, -0.15) is 0 Å². The van der Waals surface area contributed by atoms with E-state index in [-0.39, 0.29) is 23.9 Å². The van der Waals surface area contributed by atoms with Crippen LogP contribution < -0.4 is 0 Å². The van der Waals surface area contributed by atoms with Crippen LogP contribution in [0.25, 0.3) is 0 Å². The summed E-state index contributed by atoms with van der Waals surface area (Å²) in [7, 11) is 0. The fourth-order valence-electron chi connectivity index (χ4n) is 2.85. The molecule has 25 heavy (non-hydrogen) atoms. The second-order valence-corrected chi connectivity index (χ2v) is 6.45. The molecular weight excluding hydrogens is 316 g/mol. The number of carbonyl (C=O) groups is 1. The molecule has 1 saturated heterocycles. The van der Waals surface area contributed by atoms with Crippen LogP contribution in [0.2, 0.25) is 0 Å². The minimum absolute atomic E-state index is 0.0474. The van der Waals surface area contributed by atoms with Gasteiger partial charge in [0.2, 0.25) is 0 Å². The van der Waals surface area contributed by atoms with E-state index in [2.05, 4.69) is 13.8 Å². The van der Waals surface area contributed by atoms with Crippen molar-refractivity contribution in [1.82, 2.24) is 0 Å². The molecule has 136 valence electrons. The van der Waals surface area contributed by atoms with Crippen LogP contribution in [0.1, 0.15) is 38.1 Å². The second kappa shape index (κ2) is 9.54. The molecule has 0 saturated carbocycles. The SMILES string of the molecule is C/C=C/C=C/CO[C@@H]1OC(C)[C@H](C)[C@H](C)C1OC(=O)c1ccccc1. The maximum atomic E-state index is 12.5. The van der Waals surface area contributed by atoms with Crippen LogP contribution in [0.15, 0.2) is 54.6 Å². The van der Waals surface area contributed by atoms with Gasteiger partial charge in [-0.15, -0.1) is 0 Å². The smallest absolute Gasteiger partial charge is 0.338 e. The summed E-state index contributed by atoms with van der Waals surface area (Å²) in [6, 6.07) is 9.01. The lowest BCUT2D eigenvalue weighted by Crippen LogP contribution is -2.51. The van der Waals surface area contributed by atoms with Crippen LogP contribution in [0.5, 0.6) is 0 Å². The number of benzene rings is 1. The summed E-state index contributed by atoms with van der Waals surface area (Å²) in [5, 5.41) is 0. The Kier molecular flexibility index (Phi) is 7.41. The first-order valence-electron chi connectivity index (χ1n) is 8.85. The number of esters is 1. The average molecular weight is 344 g/mol. The van der Waals surface area contributed by atoms with E-state index in [9.17, 15) is 4.79 Å². The highest BCUT2D eigenvalue weighted by atomic mass is 16.7. The number of rotatable bonds is 6. The molecule has 5 atom stereocenters. The molecule has 2 rings (SSSR count). The second-order valence-electron chi connectivity index (χ2n) is 6.45. The first-order valence-corrected chi connectivity index (χ1v) is 8.85. The van der Waals surface area contributed by atoms with Crippen molar-refractivity contribution in [1.29, 1.82) is 0 Å². The van der Waals surface area contributed by atoms with Gasteiger partial charge in [0.15, 0.2) is 12.4 Å². The van der Waals surface area contributed by atoms with Gasteiger partial charge in [0, 0.05) is 5.92 Å². The molecule has 1 aliphatic rings. The van der Waals surface area contributed by atoms with Crippen molar-refractivity contribution in [3.63, 3.8) is 0 Å². The van der Waals surface area contributed by atoms with E-state index in [4.69, 9.17) is 14.2 Å². The monoisotopic (exact) mass is 344 g/mol. The molecule has 0 radical (unpaired) electrons. The minimum Gasteiger partial charge on any atom is -0.453 e. The molecule has 1 heterocycles. The number of allylic oxidation sites excluding steroid dienone is 3. The van der Waals surface area contributed by atoms with Gasteiger partial charge < -0.3 is 14.2 Å². The molecule has 0 spiro atoms. The predicted molar refractivity (Wildman–Crippen MR) is 98.2 cm³/mol. The van der Waals surface area contributed by atoms with Gasteiger partial charge in [-0.1, -0.05) is 56.4 Å². The summed E-state index contributed by atoms with van der Waals surface area (Å²) in [6.45, 7) is 8.59. The Labute approximate surface area is 150 Å². The van der Waals surface area contributed by atoms with Crippen molar-refractivity contribution in [2.24, 2.45) is 11.8 Å². The highest BCUT2D eigenvalue weighted by molar-refractivity contribution is 5.89. The largest absolute Gasteiger partial charge is 0.453 e. The van der Waals surface area contributed by atoms with E-state index in [0.29, 0.717) is 12.2 Å². The van der Waals surface area contributed by atoms with Gasteiger partial charge in [0.1, 0.15) is 0 Å². The van der Waals surface area contributed by atoms with Gasteiger partial charge in [-0.25, -0.2) is 4.79 Å². The van der Waals surface area contributed by atoms with Gasteiger partial charge in [-0.05, 0) is 31.9 Å². The molecule has 1 fully saturated rings. The Bertz CT molecular complexity index is 593. The van der Waals surface area contributed by atoms with E-state index >= 15 is 0 Å². The van der Waals surface area contributed by atoms with Crippen molar-refractivity contribution in [2.45, 2.75) is 46.2 Å². The van der Waals surface area contributed by atoms with Gasteiger partial charge in [0.05, 0.1) is 18.3 Å². The van der Waals surface area contributed by atoms with Gasteiger partial charge in [0.25, 0.3) is 0 Å². The first kappa shape index (κ1) is 19.4. The average Bonchev–Trinajstić information content (AvgIpc) is 2.63. The Hall–Kier alpha value is -1.91. The number of hydrogen-bond donors (Lipinski definition) is 0. The van der Waals surface area contributed by atoms with E-state index < -0.39 is 12.4 Å².